The predicted molar refractivity (Wildman–Crippen MR) is 126 cm³/mol. The number of nitrogens with zero attached hydrogens (tertiary/aromatic N) is 3. The SMILES string of the molecule is O=C(Nc1cc(-c2ccc3ncn(CC4CCOCC4)c3c2)c(Cl)cn1)C1=CCCNC1. The van der Waals surface area contributed by atoms with Crippen LogP contribution in [0.4, 0.5) is 5.82 Å². The van der Waals surface area contributed by atoms with Gasteiger partial charge >= 0.3 is 0 Å². The molecular formula is C24H26ClN5O2. The molecule has 2 N–H and O–H groups in total. The fourth-order valence-corrected chi connectivity index (χ4v) is 4.53. The highest BCUT2D eigenvalue weighted by atomic mass is 35.5. The van der Waals surface area contributed by atoms with E-state index >= 15 is 0 Å². The van der Waals surface area contributed by atoms with Crippen LogP contribution in [-0.4, -0.2) is 46.7 Å². The monoisotopic (exact) mass is 451 g/mol. The molecule has 166 valence electrons. The Morgan fingerprint density at radius 1 is 1.25 bits per heavy atom. The summed E-state index contributed by atoms with van der Waals surface area (Å²) in [6.45, 7) is 4.05. The van der Waals surface area contributed by atoms with E-state index < -0.39 is 0 Å². The smallest absolute Gasteiger partial charge is 0.253 e. The number of carbonyl (C=O) groups is 1. The van der Waals surface area contributed by atoms with E-state index in [1.165, 1.54) is 0 Å². The molecule has 0 aliphatic carbocycles. The number of imidazole rings is 1. The number of pyridine rings is 1. The van der Waals surface area contributed by atoms with Crippen molar-refractivity contribution in [1.29, 1.82) is 0 Å². The third-order valence-electron chi connectivity index (χ3n) is 6.14. The molecule has 2 aliphatic rings. The molecule has 0 bridgehead atoms. The molecule has 1 fully saturated rings. The van der Waals surface area contributed by atoms with Crippen LogP contribution in [0.25, 0.3) is 22.2 Å². The molecule has 0 atom stereocenters. The molecule has 0 radical (unpaired) electrons. The van der Waals surface area contributed by atoms with Crippen LogP contribution >= 0.6 is 11.6 Å². The average Bonchev–Trinajstić information content (AvgIpc) is 3.23. The normalized spacial score (nSPS) is 17.3. The summed E-state index contributed by atoms with van der Waals surface area (Å²) in [4.78, 5) is 21.4. The van der Waals surface area contributed by atoms with Crippen molar-refractivity contribution in [2.24, 2.45) is 5.92 Å². The van der Waals surface area contributed by atoms with Gasteiger partial charge in [-0.25, -0.2) is 9.97 Å². The highest BCUT2D eigenvalue weighted by Gasteiger charge is 2.17. The molecule has 1 amide bonds. The number of fused-ring (bicyclic) bond motifs is 1. The number of nitrogens with one attached hydrogen (secondary N) is 2. The first-order chi connectivity index (χ1) is 15.7. The summed E-state index contributed by atoms with van der Waals surface area (Å²) in [6.07, 6.45) is 8.47. The van der Waals surface area contributed by atoms with Crippen LogP contribution < -0.4 is 10.6 Å². The molecule has 5 rings (SSSR count). The van der Waals surface area contributed by atoms with Gasteiger partial charge in [-0.2, -0.15) is 0 Å². The minimum atomic E-state index is -0.136. The second-order valence-corrected chi connectivity index (χ2v) is 8.76. The molecule has 0 unspecified atom stereocenters. The highest BCUT2D eigenvalue weighted by Crippen LogP contribution is 2.32. The number of halogens is 1. The largest absolute Gasteiger partial charge is 0.381 e. The molecule has 2 aliphatic heterocycles. The van der Waals surface area contributed by atoms with Crippen molar-refractivity contribution in [1.82, 2.24) is 19.9 Å². The van der Waals surface area contributed by atoms with Crippen LogP contribution in [0.1, 0.15) is 19.3 Å². The van der Waals surface area contributed by atoms with Gasteiger partial charge in [0.2, 0.25) is 0 Å². The number of hydrogen-bond donors (Lipinski definition) is 2. The van der Waals surface area contributed by atoms with E-state index in [1.807, 2.05) is 30.6 Å². The summed E-state index contributed by atoms with van der Waals surface area (Å²) in [7, 11) is 0. The highest BCUT2D eigenvalue weighted by molar-refractivity contribution is 6.33. The van der Waals surface area contributed by atoms with E-state index in [4.69, 9.17) is 16.3 Å². The lowest BCUT2D eigenvalue weighted by Gasteiger charge is -2.22. The molecule has 3 aromatic rings. The zero-order valence-electron chi connectivity index (χ0n) is 17.8. The minimum Gasteiger partial charge on any atom is -0.381 e. The van der Waals surface area contributed by atoms with Crippen LogP contribution in [-0.2, 0) is 16.1 Å². The van der Waals surface area contributed by atoms with Crippen molar-refractivity contribution in [3.05, 3.63) is 53.5 Å². The van der Waals surface area contributed by atoms with Gasteiger partial charge in [0.1, 0.15) is 5.82 Å². The lowest BCUT2D eigenvalue weighted by atomic mass is 10.00. The van der Waals surface area contributed by atoms with Crippen molar-refractivity contribution >= 4 is 34.4 Å². The van der Waals surface area contributed by atoms with Crippen LogP contribution in [0.3, 0.4) is 0 Å². The van der Waals surface area contributed by atoms with Gasteiger partial charge in [0.05, 0.1) is 22.4 Å². The summed E-state index contributed by atoms with van der Waals surface area (Å²) < 4.78 is 7.71. The van der Waals surface area contributed by atoms with Crippen molar-refractivity contribution in [2.45, 2.75) is 25.8 Å². The van der Waals surface area contributed by atoms with Gasteiger partial charge in [-0.05, 0) is 55.5 Å². The molecule has 1 aromatic carbocycles. The molecule has 8 heteroatoms. The summed E-state index contributed by atoms with van der Waals surface area (Å²) >= 11 is 6.50. The first-order valence-corrected chi connectivity index (χ1v) is 11.4. The number of hydrogen-bond acceptors (Lipinski definition) is 5. The minimum absolute atomic E-state index is 0.136. The van der Waals surface area contributed by atoms with Crippen LogP contribution in [0.2, 0.25) is 5.02 Å². The number of amides is 1. The second kappa shape index (κ2) is 9.40. The Labute approximate surface area is 191 Å². The Balaban J connectivity index is 1.41. The van der Waals surface area contributed by atoms with E-state index in [9.17, 15) is 4.79 Å². The van der Waals surface area contributed by atoms with Crippen molar-refractivity contribution in [3.8, 4) is 11.1 Å². The van der Waals surface area contributed by atoms with E-state index in [2.05, 4.69) is 31.2 Å². The Morgan fingerprint density at radius 2 is 2.12 bits per heavy atom. The third-order valence-corrected chi connectivity index (χ3v) is 6.44. The number of anilines is 1. The third kappa shape index (κ3) is 4.55. The first kappa shape index (κ1) is 21.1. The van der Waals surface area contributed by atoms with E-state index in [-0.39, 0.29) is 5.91 Å². The van der Waals surface area contributed by atoms with Gasteiger partial charge in [0, 0.05) is 43.6 Å². The molecule has 0 spiro atoms. The van der Waals surface area contributed by atoms with E-state index in [1.54, 1.807) is 6.20 Å². The lowest BCUT2D eigenvalue weighted by molar-refractivity contribution is -0.113. The van der Waals surface area contributed by atoms with Crippen molar-refractivity contribution in [3.63, 3.8) is 0 Å². The quantitative estimate of drug-likeness (QED) is 0.612. The Morgan fingerprint density at radius 3 is 2.94 bits per heavy atom. The Kier molecular flexibility index (Phi) is 6.21. The number of aromatic nitrogens is 3. The van der Waals surface area contributed by atoms with Crippen molar-refractivity contribution in [2.75, 3.05) is 31.6 Å². The molecule has 2 aromatic heterocycles. The maximum Gasteiger partial charge on any atom is 0.253 e. The molecule has 4 heterocycles. The fraction of sp³-hybridized carbons (Fsp3) is 0.375. The molecule has 7 nitrogen and oxygen atoms in total. The van der Waals surface area contributed by atoms with Gasteiger partial charge in [0.15, 0.2) is 0 Å². The molecular weight excluding hydrogens is 426 g/mol. The summed E-state index contributed by atoms with van der Waals surface area (Å²) in [5, 5.41) is 6.65. The second-order valence-electron chi connectivity index (χ2n) is 8.35. The molecule has 0 saturated carbocycles. The summed E-state index contributed by atoms with van der Waals surface area (Å²) in [5.41, 5.74) is 4.55. The van der Waals surface area contributed by atoms with Crippen LogP contribution in [0.5, 0.6) is 0 Å². The van der Waals surface area contributed by atoms with Gasteiger partial charge < -0.3 is 19.9 Å². The Bertz CT molecular complexity index is 1170. The van der Waals surface area contributed by atoms with Gasteiger partial charge in [-0.15, -0.1) is 0 Å². The number of rotatable bonds is 5. The maximum atomic E-state index is 12.6. The maximum absolute atomic E-state index is 12.6. The summed E-state index contributed by atoms with van der Waals surface area (Å²) in [6, 6.07) is 7.96. The van der Waals surface area contributed by atoms with Crippen LogP contribution in [0, 0.1) is 5.92 Å². The number of benzene rings is 1. The number of carbonyl (C=O) groups excluding carboxylic acids is 1. The van der Waals surface area contributed by atoms with Gasteiger partial charge in [-0.1, -0.05) is 23.7 Å². The standard InChI is InChI=1S/C24H26ClN5O2/c25-20-13-27-23(29-24(31)18-2-1-7-26-12-18)11-19(20)17-3-4-21-22(10-17)30(15-28-21)14-16-5-8-32-9-6-16/h2-4,10-11,13,15-16,26H,1,5-9,12,14H2,(H,27,29,31). The predicted octanol–water partition coefficient (Wildman–Crippen LogP) is 4.04. The summed E-state index contributed by atoms with van der Waals surface area (Å²) in [5.74, 6) is 0.944. The zero-order chi connectivity index (χ0) is 21.9. The lowest BCUT2D eigenvalue weighted by Crippen LogP contribution is -2.29. The van der Waals surface area contributed by atoms with Crippen LogP contribution in [0.15, 0.2) is 48.4 Å². The molecule has 1 saturated heterocycles. The van der Waals surface area contributed by atoms with E-state index in [0.29, 0.717) is 23.3 Å². The van der Waals surface area contributed by atoms with Crippen molar-refractivity contribution < 1.29 is 9.53 Å². The average molecular weight is 452 g/mol. The van der Waals surface area contributed by atoms with Gasteiger partial charge in [0.25, 0.3) is 5.91 Å². The molecule has 32 heavy (non-hydrogen) atoms. The zero-order valence-corrected chi connectivity index (χ0v) is 18.6. The Hall–Kier alpha value is -2.74. The first-order valence-electron chi connectivity index (χ1n) is 11.1. The number of ether oxygens (including phenoxy) is 1. The van der Waals surface area contributed by atoms with E-state index in [0.717, 1.165) is 73.3 Å². The topological polar surface area (TPSA) is 81.1 Å². The van der Waals surface area contributed by atoms with Gasteiger partial charge in [-0.3, -0.25) is 4.79 Å². The fourth-order valence-electron chi connectivity index (χ4n) is 4.32.